The number of aromatic nitrogens is 2. The second kappa shape index (κ2) is 8.10. The third-order valence-corrected chi connectivity index (χ3v) is 4.89. The summed E-state index contributed by atoms with van der Waals surface area (Å²) in [6.45, 7) is 0.586. The predicted molar refractivity (Wildman–Crippen MR) is 105 cm³/mol. The Hall–Kier alpha value is -2.74. The maximum atomic E-state index is 13.1. The monoisotopic (exact) mass is 399 g/mol. The van der Waals surface area contributed by atoms with Gasteiger partial charge in [-0.3, -0.25) is 9.48 Å². The molecule has 3 N–H and O–H groups in total. The molecule has 1 amide bonds. The number of amides is 1. The van der Waals surface area contributed by atoms with E-state index < -0.39 is 6.04 Å². The lowest BCUT2D eigenvalue weighted by Crippen LogP contribution is -2.39. The number of nitrogens with one attached hydrogen (secondary N) is 3. The Labute approximate surface area is 166 Å². The average Bonchev–Trinajstić information content (AvgIpc) is 3.34. The van der Waals surface area contributed by atoms with Gasteiger partial charge in [0.2, 0.25) is 5.91 Å². The molecule has 6 nitrogen and oxygen atoms in total. The SMILES string of the molecule is O=C(Nc1ccn(Cc2ccc(Cl)cc2)n1)C1CC(c2ccc(F)cc2)NN1. The number of nitrogens with zero attached hydrogens (tertiary/aromatic N) is 2. The Morgan fingerprint density at radius 3 is 2.64 bits per heavy atom. The molecule has 0 bridgehead atoms. The van der Waals surface area contributed by atoms with Crippen LogP contribution in [-0.2, 0) is 11.3 Å². The van der Waals surface area contributed by atoms with Crippen molar-refractivity contribution in [3.8, 4) is 0 Å². The summed E-state index contributed by atoms with van der Waals surface area (Å²) in [5.74, 6) is 0.0398. The Balaban J connectivity index is 1.33. The van der Waals surface area contributed by atoms with Crippen LogP contribution in [-0.4, -0.2) is 21.7 Å². The van der Waals surface area contributed by atoms with Gasteiger partial charge in [-0.25, -0.2) is 15.2 Å². The molecular weight excluding hydrogens is 381 g/mol. The first kappa shape index (κ1) is 18.6. The smallest absolute Gasteiger partial charge is 0.244 e. The average molecular weight is 400 g/mol. The van der Waals surface area contributed by atoms with Crippen molar-refractivity contribution in [1.29, 1.82) is 0 Å². The van der Waals surface area contributed by atoms with Gasteiger partial charge in [0.1, 0.15) is 11.9 Å². The molecule has 4 rings (SSSR count). The van der Waals surface area contributed by atoms with Gasteiger partial charge in [-0.15, -0.1) is 0 Å². The summed E-state index contributed by atoms with van der Waals surface area (Å²) in [6, 6.07) is 15.1. The van der Waals surface area contributed by atoms with Crippen LogP contribution < -0.4 is 16.2 Å². The molecule has 2 atom stereocenters. The molecule has 0 aliphatic carbocycles. The zero-order valence-electron chi connectivity index (χ0n) is 14.9. The van der Waals surface area contributed by atoms with Crippen molar-refractivity contribution in [2.75, 3.05) is 5.32 Å². The Kier molecular flexibility index (Phi) is 5.38. The minimum absolute atomic E-state index is 0.0567. The molecular formula is C20H19ClFN5O. The summed E-state index contributed by atoms with van der Waals surface area (Å²) < 4.78 is 14.8. The van der Waals surface area contributed by atoms with E-state index in [0.29, 0.717) is 23.8 Å². The fraction of sp³-hybridized carbons (Fsp3) is 0.200. The minimum atomic E-state index is -0.406. The van der Waals surface area contributed by atoms with Crippen LogP contribution in [0.15, 0.2) is 60.8 Å². The molecule has 0 saturated carbocycles. The highest BCUT2D eigenvalue weighted by atomic mass is 35.5. The molecule has 2 unspecified atom stereocenters. The number of hydrogen-bond acceptors (Lipinski definition) is 4. The van der Waals surface area contributed by atoms with Gasteiger partial charge in [-0.1, -0.05) is 35.9 Å². The first-order valence-electron chi connectivity index (χ1n) is 8.92. The lowest BCUT2D eigenvalue weighted by atomic mass is 10.0. The van der Waals surface area contributed by atoms with Crippen molar-refractivity contribution in [2.45, 2.75) is 25.0 Å². The molecule has 0 spiro atoms. The van der Waals surface area contributed by atoms with Crippen molar-refractivity contribution in [2.24, 2.45) is 0 Å². The quantitative estimate of drug-likeness (QED) is 0.615. The van der Waals surface area contributed by atoms with Crippen LogP contribution in [0.5, 0.6) is 0 Å². The fourth-order valence-corrected chi connectivity index (χ4v) is 3.27. The number of carbonyl (C=O) groups excluding carboxylic acids is 1. The van der Waals surface area contributed by atoms with Crippen molar-refractivity contribution in [1.82, 2.24) is 20.6 Å². The first-order valence-corrected chi connectivity index (χ1v) is 9.30. The van der Waals surface area contributed by atoms with Gasteiger partial charge in [-0.2, -0.15) is 5.10 Å². The molecule has 2 aromatic carbocycles. The standard InChI is InChI=1S/C20H19ClFN5O/c21-15-5-1-13(2-6-15)12-27-10-9-19(26-27)23-20(28)18-11-17(24-25-18)14-3-7-16(22)8-4-14/h1-10,17-18,24-25H,11-12H2,(H,23,26,28). The highest BCUT2D eigenvalue weighted by Gasteiger charge is 2.30. The Bertz CT molecular complexity index is 957. The van der Waals surface area contributed by atoms with E-state index in [1.54, 1.807) is 22.9 Å². The third-order valence-electron chi connectivity index (χ3n) is 4.64. The molecule has 8 heteroatoms. The van der Waals surface area contributed by atoms with Gasteiger partial charge in [0.05, 0.1) is 6.54 Å². The zero-order valence-corrected chi connectivity index (χ0v) is 15.7. The minimum Gasteiger partial charge on any atom is -0.308 e. The van der Waals surface area contributed by atoms with E-state index in [4.69, 9.17) is 11.6 Å². The number of rotatable bonds is 5. The van der Waals surface area contributed by atoms with Crippen LogP contribution in [0.3, 0.4) is 0 Å². The Morgan fingerprint density at radius 2 is 1.89 bits per heavy atom. The molecule has 144 valence electrons. The predicted octanol–water partition coefficient (Wildman–Crippen LogP) is 3.27. The lowest BCUT2D eigenvalue weighted by Gasteiger charge is -2.09. The number of anilines is 1. The van der Waals surface area contributed by atoms with Gasteiger partial charge in [0.15, 0.2) is 5.82 Å². The van der Waals surface area contributed by atoms with Crippen LogP contribution in [0.4, 0.5) is 10.2 Å². The molecule has 0 radical (unpaired) electrons. The van der Waals surface area contributed by atoms with Gasteiger partial charge in [0, 0.05) is 23.3 Å². The van der Waals surface area contributed by atoms with E-state index in [1.165, 1.54) is 12.1 Å². The molecule has 1 saturated heterocycles. The van der Waals surface area contributed by atoms with E-state index in [9.17, 15) is 9.18 Å². The van der Waals surface area contributed by atoms with Crippen molar-refractivity contribution >= 4 is 23.3 Å². The Morgan fingerprint density at radius 1 is 1.14 bits per heavy atom. The van der Waals surface area contributed by atoms with Crippen LogP contribution in [0, 0.1) is 5.82 Å². The van der Waals surface area contributed by atoms with Crippen molar-refractivity contribution < 1.29 is 9.18 Å². The second-order valence-electron chi connectivity index (χ2n) is 6.70. The lowest BCUT2D eigenvalue weighted by molar-refractivity contribution is -0.117. The van der Waals surface area contributed by atoms with Gasteiger partial charge >= 0.3 is 0 Å². The van der Waals surface area contributed by atoms with Crippen molar-refractivity contribution in [3.05, 3.63) is 82.8 Å². The summed E-state index contributed by atoms with van der Waals surface area (Å²) in [5, 5.41) is 7.90. The number of benzene rings is 2. The van der Waals surface area contributed by atoms with Gasteiger partial charge < -0.3 is 5.32 Å². The number of hydrogen-bond donors (Lipinski definition) is 3. The van der Waals surface area contributed by atoms with Crippen LogP contribution in [0.25, 0.3) is 0 Å². The summed E-state index contributed by atoms with van der Waals surface area (Å²) in [6.07, 6.45) is 2.37. The molecule has 28 heavy (non-hydrogen) atoms. The van der Waals surface area contributed by atoms with Crippen LogP contribution in [0.1, 0.15) is 23.6 Å². The zero-order chi connectivity index (χ0) is 19.5. The normalized spacial score (nSPS) is 18.9. The fourth-order valence-electron chi connectivity index (χ4n) is 3.15. The number of hydrazine groups is 1. The third kappa shape index (κ3) is 4.39. The largest absolute Gasteiger partial charge is 0.308 e. The van der Waals surface area contributed by atoms with Crippen LogP contribution >= 0.6 is 11.6 Å². The maximum absolute atomic E-state index is 13.1. The second-order valence-corrected chi connectivity index (χ2v) is 7.13. The summed E-state index contributed by atoms with van der Waals surface area (Å²) >= 11 is 5.90. The topological polar surface area (TPSA) is 71.0 Å². The molecule has 1 fully saturated rings. The summed E-state index contributed by atoms with van der Waals surface area (Å²) in [4.78, 5) is 12.5. The molecule has 1 aromatic heterocycles. The van der Waals surface area contributed by atoms with E-state index in [-0.39, 0.29) is 17.8 Å². The number of halogens is 2. The van der Waals surface area contributed by atoms with Gasteiger partial charge in [0.25, 0.3) is 0 Å². The number of carbonyl (C=O) groups is 1. The highest BCUT2D eigenvalue weighted by Crippen LogP contribution is 2.23. The summed E-state index contributed by atoms with van der Waals surface area (Å²) in [5.41, 5.74) is 8.06. The van der Waals surface area contributed by atoms with E-state index in [0.717, 1.165) is 11.1 Å². The van der Waals surface area contributed by atoms with E-state index in [2.05, 4.69) is 21.3 Å². The van der Waals surface area contributed by atoms with Crippen molar-refractivity contribution in [3.63, 3.8) is 0 Å². The molecule has 2 heterocycles. The molecule has 3 aromatic rings. The highest BCUT2D eigenvalue weighted by molar-refractivity contribution is 6.30. The van der Waals surface area contributed by atoms with Gasteiger partial charge in [-0.05, 0) is 41.8 Å². The van der Waals surface area contributed by atoms with E-state index >= 15 is 0 Å². The maximum Gasteiger partial charge on any atom is 0.244 e. The summed E-state index contributed by atoms with van der Waals surface area (Å²) in [7, 11) is 0. The molecule has 1 aliphatic heterocycles. The molecule has 1 aliphatic rings. The van der Waals surface area contributed by atoms with Crippen LogP contribution in [0.2, 0.25) is 5.02 Å². The van der Waals surface area contributed by atoms with E-state index in [1.807, 2.05) is 30.5 Å². The first-order chi connectivity index (χ1) is 13.6.